The molecule has 0 spiro atoms. The second-order valence-corrected chi connectivity index (χ2v) is 4.85. The number of nitrogens with zero attached hydrogens (tertiary/aromatic N) is 1. The second-order valence-electron chi connectivity index (χ2n) is 4.85. The third-order valence-electron chi connectivity index (χ3n) is 3.25. The smallest absolute Gasteiger partial charge is 0.188 e. The molecule has 1 unspecified atom stereocenters. The summed E-state index contributed by atoms with van der Waals surface area (Å²) >= 11 is 0. The Hall–Kier alpha value is -0.0400. The predicted octanol–water partition coefficient (Wildman–Crippen LogP) is 2.66. The van der Waals surface area contributed by atoms with Crippen LogP contribution in [0.4, 0.5) is 0 Å². The molecular formula is C13H28IN3O. The first kappa shape index (κ1) is 18.0. The summed E-state index contributed by atoms with van der Waals surface area (Å²) in [5.41, 5.74) is 5.75. The lowest BCUT2D eigenvalue weighted by atomic mass is 10.3. The lowest BCUT2D eigenvalue weighted by Crippen LogP contribution is -2.38. The van der Waals surface area contributed by atoms with Crippen LogP contribution in [0, 0.1) is 0 Å². The van der Waals surface area contributed by atoms with Gasteiger partial charge in [-0.1, -0.05) is 19.8 Å². The number of nitrogens with two attached hydrogens (primary N) is 1. The molecule has 108 valence electrons. The molecule has 3 N–H and O–H groups in total. The maximum atomic E-state index is 5.76. The van der Waals surface area contributed by atoms with Crippen LogP contribution in [0.2, 0.25) is 0 Å². The van der Waals surface area contributed by atoms with E-state index in [1.807, 2.05) is 0 Å². The van der Waals surface area contributed by atoms with Gasteiger partial charge in [0, 0.05) is 19.2 Å². The predicted molar refractivity (Wildman–Crippen MR) is 87.6 cm³/mol. The van der Waals surface area contributed by atoms with Gasteiger partial charge >= 0.3 is 0 Å². The van der Waals surface area contributed by atoms with Gasteiger partial charge in [-0.05, 0) is 32.6 Å². The van der Waals surface area contributed by atoms with E-state index >= 15 is 0 Å². The lowest BCUT2D eigenvalue weighted by Gasteiger charge is -2.12. The van der Waals surface area contributed by atoms with E-state index in [0.29, 0.717) is 18.1 Å². The molecule has 1 saturated carbocycles. The van der Waals surface area contributed by atoms with Gasteiger partial charge in [0.15, 0.2) is 5.96 Å². The van der Waals surface area contributed by atoms with Crippen LogP contribution in [-0.2, 0) is 4.74 Å². The number of guanidine groups is 1. The van der Waals surface area contributed by atoms with E-state index in [1.54, 1.807) is 0 Å². The van der Waals surface area contributed by atoms with E-state index in [0.717, 1.165) is 26.0 Å². The van der Waals surface area contributed by atoms with Gasteiger partial charge in [-0.3, -0.25) is 4.99 Å². The molecule has 0 amide bonds. The molecule has 0 aromatic heterocycles. The highest BCUT2D eigenvalue weighted by Gasteiger charge is 2.14. The zero-order valence-electron chi connectivity index (χ0n) is 11.7. The van der Waals surface area contributed by atoms with Crippen LogP contribution in [0.15, 0.2) is 4.99 Å². The maximum absolute atomic E-state index is 5.76. The van der Waals surface area contributed by atoms with Gasteiger partial charge in [0.2, 0.25) is 0 Å². The fourth-order valence-corrected chi connectivity index (χ4v) is 1.97. The van der Waals surface area contributed by atoms with E-state index < -0.39 is 0 Å². The van der Waals surface area contributed by atoms with Gasteiger partial charge in [-0.2, -0.15) is 0 Å². The molecule has 0 saturated heterocycles. The number of rotatable bonds is 7. The first-order valence-corrected chi connectivity index (χ1v) is 6.90. The topological polar surface area (TPSA) is 59.6 Å². The van der Waals surface area contributed by atoms with Gasteiger partial charge in [0.1, 0.15) is 0 Å². The van der Waals surface area contributed by atoms with Crippen LogP contribution in [0.1, 0.15) is 52.4 Å². The number of aliphatic imine (C=N–C) groups is 1. The summed E-state index contributed by atoms with van der Waals surface area (Å²) in [7, 11) is 0. The molecule has 4 nitrogen and oxygen atoms in total. The molecule has 1 atom stereocenters. The molecule has 5 heteroatoms. The van der Waals surface area contributed by atoms with Gasteiger partial charge in [-0.15, -0.1) is 24.0 Å². The number of nitrogens with one attached hydrogen (secondary N) is 1. The Morgan fingerprint density at radius 3 is 2.72 bits per heavy atom. The highest BCUT2D eigenvalue weighted by atomic mass is 127. The maximum Gasteiger partial charge on any atom is 0.188 e. The molecule has 1 aliphatic rings. The van der Waals surface area contributed by atoms with E-state index in [1.165, 1.54) is 25.7 Å². The summed E-state index contributed by atoms with van der Waals surface area (Å²) in [6.07, 6.45) is 7.65. The van der Waals surface area contributed by atoms with E-state index in [-0.39, 0.29) is 24.0 Å². The summed E-state index contributed by atoms with van der Waals surface area (Å²) in [6.45, 7) is 5.79. The molecule has 0 heterocycles. The fourth-order valence-electron chi connectivity index (χ4n) is 1.97. The summed E-state index contributed by atoms with van der Waals surface area (Å²) < 4.78 is 5.76. The van der Waals surface area contributed by atoms with E-state index in [2.05, 4.69) is 24.2 Å². The Morgan fingerprint density at radius 1 is 1.44 bits per heavy atom. The number of hydrogen-bond acceptors (Lipinski definition) is 2. The van der Waals surface area contributed by atoms with Gasteiger partial charge in [-0.25, -0.2) is 0 Å². The first-order chi connectivity index (χ1) is 8.22. The minimum atomic E-state index is 0. The quantitative estimate of drug-likeness (QED) is 0.314. The molecule has 18 heavy (non-hydrogen) atoms. The van der Waals surface area contributed by atoms with Crippen molar-refractivity contribution < 1.29 is 4.74 Å². The molecule has 0 aliphatic heterocycles. The standard InChI is InChI=1S/C13H27N3O.HI/c1-3-11(2)16-13(14)15-9-6-10-17-12-7-4-5-8-12;/h11-12H,3-10H2,1-2H3,(H3,14,15,16);1H. The Balaban J connectivity index is 0.00000289. The second kappa shape index (κ2) is 10.8. The van der Waals surface area contributed by atoms with Gasteiger partial charge in [0.05, 0.1) is 6.10 Å². The van der Waals surface area contributed by atoms with Gasteiger partial charge < -0.3 is 15.8 Å². The van der Waals surface area contributed by atoms with Crippen molar-refractivity contribution in [2.24, 2.45) is 10.7 Å². The monoisotopic (exact) mass is 369 g/mol. The fraction of sp³-hybridized carbons (Fsp3) is 0.923. The minimum absolute atomic E-state index is 0. The van der Waals surface area contributed by atoms with Crippen molar-refractivity contribution in [2.45, 2.75) is 64.5 Å². The number of hydrogen-bond donors (Lipinski definition) is 2. The van der Waals surface area contributed by atoms with Crippen LogP contribution < -0.4 is 11.1 Å². The SMILES string of the molecule is CCC(C)NC(N)=NCCCOC1CCCC1.I. The molecule has 0 aromatic carbocycles. The molecule has 1 fully saturated rings. The number of ether oxygens (including phenoxy) is 1. The Morgan fingerprint density at radius 2 is 2.11 bits per heavy atom. The van der Waals surface area contributed by atoms with Crippen LogP contribution in [-0.4, -0.2) is 31.3 Å². The summed E-state index contributed by atoms with van der Waals surface area (Å²) in [5.74, 6) is 0.556. The van der Waals surface area contributed by atoms with Gasteiger partial charge in [0.25, 0.3) is 0 Å². The molecule has 1 aliphatic carbocycles. The van der Waals surface area contributed by atoms with Crippen molar-refractivity contribution >= 4 is 29.9 Å². The summed E-state index contributed by atoms with van der Waals surface area (Å²) in [5, 5.41) is 3.15. The summed E-state index contributed by atoms with van der Waals surface area (Å²) in [6, 6.07) is 0.397. The average molecular weight is 369 g/mol. The molecular weight excluding hydrogens is 341 g/mol. The third kappa shape index (κ3) is 8.13. The first-order valence-electron chi connectivity index (χ1n) is 6.90. The Labute approximate surface area is 128 Å². The largest absolute Gasteiger partial charge is 0.378 e. The third-order valence-corrected chi connectivity index (χ3v) is 3.25. The zero-order valence-corrected chi connectivity index (χ0v) is 14.0. The zero-order chi connectivity index (χ0) is 12.5. The van der Waals surface area contributed by atoms with E-state index in [9.17, 15) is 0 Å². The minimum Gasteiger partial charge on any atom is -0.378 e. The normalized spacial score (nSPS) is 18.4. The average Bonchev–Trinajstić information content (AvgIpc) is 2.81. The number of halogens is 1. The van der Waals surface area contributed by atoms with Crippen molar-refractivity contribution in [3.8, 4) is 0 Å². The van der Waals surface area contributed by atoms with Crippen LogP contribution in [0.3, 0.4) is 0 Å². The molecule has 1 rings (SSSR count). The molecule has 0 radical (unpaired) electrons. The van der Waals surface area contributed by atoms with Crippen LogP contribution in [0.5, 0.6) is 0 Å². The van der Waals surface area contributed by atoms with Crippen LogP contribution in [0.25, 0.3) is 0 Å². The molecule has 0 aromatic rings. The van der Waals surface area contributed by atoms with Crippen molar-refractivity contribution in [3.63, 3.8) is 0 Å². The van der Waals surface area contributed by atoms with E-state index in [4.69, 9.17) is 10.5 Å². The van der Waals surface area contributed by atoms with Crippen molar-refractivity contribution in [1.82, 2.24) is 5.32 Å². The highest BCUT2D eigenvalue weighted by Crippen LogP contribution is 2.20. The molecule has 0 bridgehead atoms. The Kier molecular flexibility index (Phi) is 10.8. The highest BCUT2D eigenvalue weighted by molar-refractivity contribution is 14.0. The summed E-state index contributed by atoms with van der Waals surface area (Å²) in [4.78, 5) is 4.28. The van der Waals surface area contributed by atoms with Crippen LogP contribution >= 0.6 is 24.0 Å². The lowest BCUT2D eigenvalue weighted by molar-refractivity contribution is 0.0579. The van der Waals surface area contributed by atoms with Crippen molar-refractivity contribution in [2.75, 3.05) is 13.2 Å². The van der Waals surface area contributed by atoms with Crippen molar-refractivity contribution in [3.05, 3.63) is 0 Å². The van der Waals surface area contributed by atoms with Crippen molar-refractivity contribution in [1.29, 1.82) is 0 Å². The Bertz CT molecular complexity index is 230.